The molecule has 0 atom stereocenters. The molecule has 0 amide bonds. The Labute approximate surface area is 156 Å². The standard InChI is InChI=1S/C17H10ClF2N5O2/c18-7-14-22-23-15-8-21-17(16-11(19)2-1-3-12(16)20)10-6-9(25(26)27)4-5-13(10)24(14)15/h1-6H,7-8H2. The van der Waals surface area contributed by atoms with E-state index in [1.54, 1.807) is 4.57 Å². The Morgan fingerprint density at radius 1 is 1.19 bits per heavy atom. The molecule has 0 N–H and O–H groups in total. The molecule has 7 nitrogen and oxygen atoms in total. The highest BCUT2D eigenvalue weighted by molar-refractivity contribution is 6.17. The number of hydrogen-bond donors (Lipinski definition) is 0. The van der Waals surface area contributed by atoms with Crippen molar-refractivity contribution in [3.05, 3.63) is 80.9 Å². The summed E-state index contributed by atoms with van der Waals surface area (Å²) in [6.07, 6.45) is 0. The van der Waals surface area contributed by atoms with E-state index in [1.807, 2.05) is 0 Å². The fourth-order valence-corrected chi connectivity index (χ4v) is 3.19. The molecule has 0 aliphatic carbocycles. The van der Waals surface area contributed by atoms with Crippen LogP contribution in [0.5, 0.6) is 0 Å². The lowest BCUT2D eigenvalue weighted by Gasteiger charge is -2.13. The van der Waals surface area contributed by atoms with Crippen molar-refractivity contribution in [2.24, 2.45) is 4.99 Å². The van der Waals surface area contributed by atoms with Crippen molar-refractivity contribution >= 4 is 23.0 Å². The number of nitrogens with zero attached hydrogens (tertiary/aromatic N) is 5. The van der Waals surface area contributed by atoms with E-state index in [0.29, 0.717) is 17.3 Å². The fraction of sp³-hybridized carbons (Fsp3) is 0.118. The molecule has 4 rings (SSSR count). The highest BCUT2D eigenvalue weighted by atomic mass is 35.5. The molecule has 0 saturated carbocycles. The Morgan fingerprint density at radius 2 is 1.93 bits per heavy atom. The van der Waals surface area contributed by atoms with Crippen molar-refractivity contribution in [1.82, 2.24) is 14.8 Å². The lowest BCUT2D eigenvalue weighted by atomic mass is 9.98. The molecule has 0 saturated heterocycles. The highest BCUT2D eigenvalue weighted by Gasteiger charge is 2.27. The van der Waals surface area contributed by atoms with E-state index >= 15 is 0 Å². The van der Waals surface area contributed by atoms with Crippen molar-refractivity contribution in [2.45, 2.75) is 12.4 Å². The number of alkyl halides is 1. The van der Waals surface area contributed by atoms with Gasteiger partial charge in [-0.1, -0.05) is 6.07 Å². The van der Waals surface area contributed by atoms with Gasteiger partial charge in [0.25, 0.3) is 5.69 Å². The van der Waals surface area contributed by atoms with Crippen LogP contribution in [0.1, 0.15) is 22.8 Å². The second kappa shape index (κ2) is 6.51. The maximum atomic E-state index is 14.4. The SMILES string of the molecule is O=[N+]([O-])c1ccc2c(c1)C(c1c(F)cccc1F)=NCc1nnc(CCl)n1-2. The predicted octanol–water partition coefficient (Wildman–Crippen LogP) is 3.54. The van der Waals surface area contributed by atoms with Crippen molar-refractivity contribution < 1.29 is 13.7 Å². The van der Waals surface area contributed by atoms with Gasteiger partial charge in [0.1, 0.15) is 18.2 Å². The number of aliphatic imine (C=N–C) groups is 1. The molecule has 1 aliphatic rings. The van der Waals surface area contributed by atoms with Crippen LogP contribution >= 0.6 is 11.6 Å². The van der Waals surface area contributed by atoms with Crippen molar-refractivity contribution in [2.75, 3.05) is 0 Å². The van der Waals surface area contributed by atoms with E-state index in [-0.39, 0.29) is 35.0 Å². The number of nitro benzene ring substituents is 1. The molecule has 0 fully saturated rings. The van der Waals surface area contributed by atoms with E-state index in [4.69, 9.17) is 11.6 Å². The molecule has 10 heteroatoms. The molecule has 0 radical (unpaired) electrons. The van der Waals surface area contributed by atoms with Gasteiger partial charge >= 0.3 is 0 Å². The van der Waals surface area contributed by atoms with E-state index in [0.717, 1.165) is 12.1 Å². The second-order valence-electron chi connectivity index (χ2n) is 5.72. The summed E-state index contributed by atoms with van der Waals surface area (Å²) in [5, 5.41) is 19.2. The van der Waals surface area contributed by atoms with Crippen LogP contribution in [0.15, 0.2) is 41.4 Å². The Balaban J connectivity index is 2.05. The number of benzene rings is 2. The van der Waals surface area contributed by atoms with Gasteiger partial charge in [0.05, 0.1) is 27.8 Å². The zero-order chi connectivity index (χ0) is 19.1. The number of non-ortho nitro benzene ring substituents is 1. The van der Waals surface area contributed by atoms with Gasteiger partial charge in [0, 0.05) is 17.7 Å². The third-order valence-electron chi connectivity index (χ3n) is 4.18. The molecule has 2 heterocycles. The summed E-state index contributed by atoms with van der Waals surface area (Å²) in [6, 6.07) is 7.44. The number of fused-ring (bicyclic) bond motifs is 3. The topological polar surface area (TPSA) is 86.2 Å². The Bertz CT molecular complexity index is 1090. The van der Waals surface area contributed by atoms with Gasteiger partial charge in [-0.05, 0) is 18.2 Å². The lowest BCUT2D eigenvalue weighted by Crippen LogP contribution is -2.12. The minimum absolute atomic E-state index is 0.0184. The van der Waals surface area contributed by atoms with Gasteiger partial charge in [-0.2, -0.15) is 0 Å². The summed E-state index contributed by atoms with van der Waals surface area (Å²) in [4.78, 5) is 14.9. The normalized spacial score (nSPS) is 12.8. The number of hydrogen-bond acceptors (Lipinski definition) is 5. The van der Waals surface area contributed by atoms with Crippen LogP contribution in [-0.2, 0) is 12.4 Å². The summed E-state index contributed by atoms with van der Waals surface area (Å²) < 4.78 is 30.4. The van der Waals surface area contributed by atoms with Gasteiger partial charge in [-0.15, -0.1) is 21.8 Å². The Kier molecular flexibility index (Phi) is 4.15. The summed E-state index contributed by atoms with van der Waals surface area (Å²) in [5.74, 6) is -0.796. The van der Waals surface area contributed by atoms with Gasteiger partial charge in [0.15, 0.2) is 11.6 Å². The number of halogens is 3. The van der Waals surface area contributed by atoms with Crippen molar-refractivity contribution in [3.63, 3.8) is 0 Å². The van der Waals surface area contributed by atoms with Crippen LogP contribution < -0.4 is 0 Å². The van der Waals surface area contributed by atoms with Gasteiger partial charge in [-0.25, -0.2) is 8.78 Å². The van der Waals surface area contributed by atoms with Gasteiger partial charge < -0.3 is 0 Å². The summed E-state index contributed by atoms with van der Waals surface area (Å²) in [5.41, 5.74) is -0.0175. The van der Waals surface area contributed by atoms with E-state index in [9.17, 15) is 18.9 Å². The van der Waals surface area contributed by atoms with Crippen molar-refractivity contribution in [3.8, 4) is 5.69 Å². The molecule has 2 aromatic carbocycles. The van der Waals surface area contributed by atoms with Crippen LogP contribution in [-0.4, -0.2) is 25.4 Å². The zero-order valence-electron chi connectivity index (χ0n) is 13.6. The van der Waals surface area contributed by atoms with Gasteiger partial charge in [-0.3, -0.25) is 19.7 Å². The second-order valence-corrected chi connectivity index (χ2v) is 5.99. The maximum Gasteiger partial charge on any atom is 0.270 e. The number of rotatable bonds is 3. The van der Waals surface area contributed by atoms with Crippen LogP contribution in [0.2, 0.25) is 0 Å². The summed E-state index contributed by atoms with van der Waals surface area (Å²) in [7, 11) is 0. The maximum absolute atomic E-state index is 14.4. The first kappa shape index (κ1) is 17.2. The number of nitro groups is 1. The van der Waals surface area contributed by atoms with E-state index in [2.05, 4.69) is 15.2 Å². The molecule has 0 spiro atoms. The average Bonchev–Trinajstić information content (AvgIpc) is 2.99. The van der Waals surface area contributed by atoms with Crippen LogP contribution in [0, 0.1) is 21.7 Å². The molecule has 0 unspecified atom stereocenters. The zero-order valence-corrected chi connectivity index (χ0v) is 14.3. The number of aromatic nitrogens is 3. The molecule has 136 valence electrons. The molecule has 3 aromatic rings. The van der Waals surface area contributed by atoms with Crippen molar-refractivity contribution in [1.29, 1.82) is 0 Å². The first-order valence-corrected chi connectivity index (χ1v) is 8.32. The quantitative estimate of drug-likeness (QED) is 0.389. The largest absolute Gasteiger partial charge is 0.280 e. The molecule has 27 heavy (non-hydrogen) atoms. The predicted molar refractivity (Wildman–Crippen MR) is 93.3 cm³/mol. The third kappa shape index (κ3) is 2.76. The fourth-order valence-electron chi connectivity index (χ4n) is 3.02. The third-order valence-corrected chi connectivity index (χ3v) is 4.42. The van der Waals surface area contributed by atoms with E-state index < -0.39 is 16.6 Å². The Hall–Kier alpha value is -3.20. The van der Waals surface area contributed by atoms with Crippen LogP contribution in [0.25, 0.3) is 5.69 Å². The highest BCUT2D eigenvalue weighted by Crippen LogP contribution is 2.30. The van der Waals surface area contributed by atoms with Gasteiger partial charge in [0.2, 0.25) is 0 Å². The molecule has 1 aliphatic heterocycles. The summed E-state index contributed by atoms with van der Waals surface area (Å²) >= 11 is 5.92. The lowest BCUT2D eigenvalue weighted by molar-refractivity contribution is -0.384. The minimum Gasteiger partial charge on any atom is -0.280 e. The van der Waals surface area contributed by atoms with Crippen LogP contribution in [0.4, 0.5) is 14.5 Å². The average molecular weight is 390 g/mol. The molecule has 1 aromatic heterocycles. The smallest absolute Gasteiger partial charge is 0.270 e. The van der Waals surface area contributed by atoms with E-state index in [1.165, 1.54) is 24.3 Å². The first-order chi connectivity index (χ1) is 13.0. The monoisotopic (exact) mass is 389 g/mol. The molecule has 0 bridgehead atoms. The van der Waals surface area contributed by atoms with Crippen LogP contribution in [0.3, 0.4) is 0 Å². The molecular formula is C17H10ClF2N5O2. The minimum atomic E-state index is -0.818. The first-order valence-electron chi connectivity index (χ1n) is 7.78. The summed E-state index contributed by atoms with van der Waals surface area (Å²) in [6.45, 7) is -0.0184. The Morgan fingerprint density at radius 3 is 2.59 bits per heavy atom. The molecular weight excluding hydrogens is 380 g/mol.